The van der Waals surface area contributed by atoms with Crippen LogP contribution in [0.25, 0.3) is 0 Å². The molecule has 2 rings (SSSR count). The summed E-state index contributed by atoms with van der Waals surface area (Å²) < 4.78 is 11.6. The summed E-state index contributed by atoms with van der Waals surface area (Å²) in [5, 5.41) is 0. The fourth-order valence-corrected chi connectivity index (χ4v) is 1.86. The topological polar surface area (TPSA) is 35.5 Å². The predicted molar refractivity (Wildman–Crippen MR) is 63.4 cm³/mol. The lowest BCUT2D eigenvalue weighted by Crippen LogP contribution is -2.36. The molecule has 0 amide bonds. The molecule has 1 atom stereocenters. The highest BCUT2D eigenvalue weighted by molar-refractivity contribution is 9.10. The quantitative estimate of drug-likeness (QED) is 0.852. The lowest BCUT2D eigenvalue weighted by Gasteiger charge is -2.21. The summed E-state index contributed by atoms with van der Waals surface area (Å²) in [6.45, 7) is 1.48. The van der Waals surface area contributed by atoms with Crippen LogP contribution in [0.15, 0.2) is 28.7 Å². The number of ketones is 1. The Kier molecular flexibility index (Phi) is 4.09. The zero-order valence-corrected chi connectivity index (χ0v) is 10.4. The average molecular weight is 285 g/mol. The molecule has 0 aromatic heterocycles. The van der Waals surface area contributed by atoms with Crippen LogP contribution in [0, 0.1) is 0 Å². The van der Waals surface area contributed by atoms with Crippen molar-refractivity contribution in [3.63, 3.8) is 0 Å². The van der Waals surface area contributed by atoms with Crippen molar-refractivity contribution in [1.29, 1.82) is 0 Å². The summed E-state index contributed by atoms with van der Waals surface area (Å²) in [5.74, 6) is 0.0852. The molecule has 0 bridgehead atoms. The van der Waals surface area contributed by atoms with E-state index in [-0.39, 0.29) is 5.78 Å². The van der Waals surface area contributed by atoms with Gasteiger partial charge in [-0.25, -0.2) is 0 Å². The van der Waals surface area contributed by atoms with Crippen molar-refractivity contribution in [1.82, 2.24) is 0 Å². The van der Waals surface area contributed by atoms with E-state index in [1.807, 2.05) is 24.3 Å². The number of hydrogen-bond acceptors (Lipinski definition) is 3. The number of Topliss-reactive ketones (excluding diaryl/α,β-unsaturated/α-hetero) is 1. The zero-order valence-electron chi connectivity index (χ0n) is 8.82. The van der Waals surface area contributed by atoms with Gasteiger partial charge in [0.25, 0.3) is 0 Å². The van der Waals surface area contributed by atoms with E-state index in [9.17, 15) is 4.79 Å². The molecule has 1 aliphatic heterocycles. The Morgan fingerprint density at radius 1 is 1.31 bits per heavy atom. The second-order valence-electron chi connectivity index (χ2n) is 3.70. The summed E-state index contributed by atoms with van der Waals surface area (Å²) in [6.07, 6.45) is 0.0128. The summed E-state index contributed by atoms with van der Waals surface area (Å²) in [5.41, 5.74) is 1.00. The number of carbonyl (C=O) groups is 1. The fourth-order valence-electron chi connectivity index (χ4n) is 1.59. The molecule has 0 radical (unpaired) electrons. The molecule has 1 fully saturated rings. The van der Waals surface area contributed by atoms with Crippen LogP contribution >= 0.6 is 15.9 Å². The largest absolute Gasteiger partial charge is 0.376 e. The lowest BCUT2D eigenvalue weighted by atomic mass is 10.1. The van der Waals surface area contributed by atoms with E-state index in [4.69, 9.17) is 9.47 Å². The van der Waals surface area contributed by atoms with Crippen molar-refractivity contribution in [2.75, 3.05) is 19.8 Å². The molecular weight excluding hydrogens is 272 g/mol. The van der Waals surface area contributed by atoms with Gasteiger partial charge in [0.1, 0.15) is 6.10 Å². The number of halogens is 1. The van der Waals surface area contributed by atoms with Crippen molar-refractivity contribution in [3.05, 3.63) is 34.3 Å². The van der Waals surface area contributed by atoms with Gasteiger partial charge in [0, 0.05) is 10.9 Å². The van der Waals surface area contributed by atoms with Gasteiger partial charge in [-0.2, -0.15) is 0 Å². The van der Waals surface area contributed by atoms with E-state index in [0.29, 0.717) is 26.2 Å². The number of ether oxygens (including phenoxy) is 2. The van der Waals surface area contributed by atoms with Crippen molar-refractivity contribution >= 4 is 21.7 Å². The van der Waals surface area contributed by atoms with Crippen LogP contribution in [0.2, 0.25) is 0 Å². The average Bonchev–Trinajstić information content (AvgIpc) is 2.33. The van der Waals surface area contributed by atoms with Crippen LogP contribution in [0.4, 0.5) is 0 Å². The van der Waals surface area contributed by atoms with Crippen molar-refractivity contribution in [2.24, 2.45) is 0 Å². The highest BCUT2D eigenvalue weighted by atomic mass is 79.9. The van der Waals surface area contributed by atoms with E-state index in [1.54, 1.807) is 0 Å². The van der Waals surface area contributed by atoms with E-state index in [1.165, 1.54) is 0 Å². The summed E-state index contributed by atoms with van der Waals surface area (Å²) >= 11 is 3.36. The molecule has 0 spiro atoms. The maximum Gasteiger partial charge on any atom is 0.168 e. The molecule has 16 heavy (non-hydrogen) atoms. The Balaban J connectivity index is 1.93. The van der Waals surface area contributed by atoms with Crippen LogP contribution in [0.5, 0.6) is 0 Å². The molecule has 0 aliphatic carbocycles. The van der Waals surface area contributed by atoms with E-state index in [2.05, 4.69) is 15.9 Å². The van der Waals surface area contributed by atoms with Crippen molar-refractivity contribution < 1.29 is 14.3 Å². The minimum Gasteiger partial charge on any atom is -0.376 e. The number of carbonyl (C=O) groups excluding carboxylic acids is 1. The summed E-state index contributed by atoms with van der Waals surface area (Å²) in [6, 6.07) is 7.74. The predicted octanol–water partition coefficient (Wildman–Crippen LogP) is 1.98. The van der Waals surface area contributed by atoms with Gasteiger partial charge in [0.15, 0.2) is 5.78 Å². The number of rotatable bonds is 3. The lowest BCUT2D eigenvalue weighted by molar-refractivity contribution is -0.144. The van der Waals surface area contributed by atoms with Gasteiger partial charge in [-0.1, -0.05) is 28.1 Å². The first-order chi connectivity index (χ1) is 7.75. The van der Waals surface area contributed by atoms with Crippen LogP contribution in [-0.2, 0) is 20.7 Å². The van der Waals surface area contributed by atoms with E-state index >= 15 is 0 Å². The highest BCUT2D eigenvalue weighted by Crippen LogP contribution is 2.12. The third kappa shape index (κ3) is 3.14. The number of hydrogen-bond donors (Lipinski definition) is 0. The van der Waals surface area contributed by atoms with Gasteiger partial charge in [-0.05, 0) is 17.7 Å². The summed E-state index contributed by atoms with van der Waals surface area (Å²) in [7, 11) is 0. The van der Waals surface area contributed by atoms with Gasteiger partial charge < -0.3 is 9.47 Å². The fraction of sp³-hybridized carbons (Fsp3) is 0.417. The minimum atomic E-state index is -0.391. The Morgan fingerprint density at radius 2 is 2.06 bits per heavy atom. The van der Waals surface area contributed by atoms with Crippen LogP contribution in [0.1, 0.15) is 5.56 Å². The van der Waals surface area contributed by atoms with Crippen LogP contribution < -0.4 is 0 Å². The van der Waals surface area contributed by atoms with Gasteiger partial charge >= 0.3 is 0 Å². The summed E-state index contributed by atoms with van der Waals surface area (Å²) in [4.78, 5) is 11.8. The smallest absolute Gasteiger partial charge is 0.168 e. The Labute approximate surface area is 103 Å². The first-order valence-corrected chi connectivity index (χ1v) is 6.01. The Hall–Kier alpha value is -0.710. The first-order valence-electron chi connectivity index (χ1n) is 5.22. The standard InChI is InChI=1S/C12H13BrO3/c13-10-3-1-9(2-4-10)7-11(14)12-8-15-5-6-16-12/h1-4,12H,5-8H2. The highest BCUT2D eigenvalue weighted by Gasteiger charge is 2.22. The zero-order chi connectivity index (χ0) is 11.4. The molecule has 1 heterocycles. The molecule has 1 aromatic rings. The van der Waals surface area contributed by atoms with E-state index < -0.39 is 6.10 Å². The second kappa shape index (κ2) is 5.57. The van der Waals surface area contributed by atoms with Crippen LogP contribution in [-0.4, -0.2) is 31.7 Å². The molecule has 3 nitrogen and oxygen atoms in total. The normalized spacial score (nSPS) is 20.7. The van der Waals surface area contributed by atoms with Crippen molar-refractivity contribution in [2.45, 2.75) is 12.5 Å². The molecule has 0 saturated carbocycles. The SMILES string of the molecule is O=C(Cc1ccc(Br)cc1)C1COCCO1. The third-order valence-electron chi connectivity index (χ3n) is 2.47. The van der Waals surface area contributed by atoms with Gasteiger partial charge in [-0.15, -0.1) is 0 Å². The Bertz CT molecular complexity index is 355. The molecule has 1 saturated heterocycles. The van der Waals surface area contributed by atoms with Gasteiger partial charge in [-0.3, -0.25) is 4.79 Å². The molecule has 86 valence electrons. The molecule has 1 aromatic carbocycles. The molecular formula is C12H13BrO3. The second-order valence-corrected chi connectivity index (χ2v) is 4.62. The molecule has 0 N–H and O–H groups in total. The molecule has 1 unspecified atom stereocenters. The van der Waals surface area contributed by atoms with E-state index in [0.717, 1.165) is 10.0 Å². The van der Waals surface area contributed by atoms with Gasteiger partial charge in [0.2, 0.25) is 0 Å². The minimum absolute atomic E-state index is 0.0852. The monoisotopic (exact) mass is 284 g/mol. The maximum atomic E-state index is 11.8. The molecule has 4 heteroatoms. The maximum absolute atomic E-state index is 11.8. The molecule has 1 aliphatic rings. The van der Waals surface area contributed by atoms with Crippen LogP contribution in [0.3, 0.4) is 0 Å². The van der Waals surface area contributed by atoms with Crippen molar-refractivity contribution in [3.8, 4) is 0 Å². The third-order valence-corrected chi connectivity index (χ3v) is 3.00. The Morgan fingerprint density at radius 3 is 2.69 bits per heavy atom. The number of benzene rings is 1. The first kappa shape index (κ1) is 11.8. The van der Waals surface area contributed by atoms with Gasteiger partial charge in [0.05, 0.1) is 19.8 Å².